The van der Waals surface area contributed by atoms with E-state index in [4.69, 9.17) is 0 Å². The molecule has 0 aromatic heterocycles. The minimum Gasteiger partial charge on any atom is -0.0985 e. The summed E-state index contributed by atoms with van der Waals surface area (Å²) in [7, 11) is 0.725. The molecule has 0 spiro atoms. The van der Waals surface area contributed by atoms with Crippen molar-refractivity contribution in [1.29, 1.82) is 0 Å². The van der Waals surface area contributed by atoms with E-state index in [9.17, 15) is 0 Å². The largest absolute Gasteiger partial charge is 0.0985 e. The molecule has 0 radical (unpaired) electrons. The highest BCUT2D eigenvalue weighted by atomic mass is 31.1. The molecule has 0 amide bonds. The van der Waals surface area contributed by atoms with Crippen molar-refractivity contribution in [3.05, 3.63) is 24.8 Å². The highest BCUT2D eigenvalue weighted by molar-refractivity contribution is 7.45. The molecule has 0 heterocycles. The molecule has 0 unspecified atom stereocenters. The lowest BCUT2D eigenvalue weighted by atomic mass is 11.3. The quantitative estimate of drug-likeness (QED) is 0.454. The van der Waals surface area contributed by atoms with Crippen LogP contribution < -0.4 is 0 Å². The molecule has 0 bridgehead atoms. The fraction of sp³-hybridized carbons (Fsp3) is 0. The van der Waals surface area contributed by atoms with Gasteiger partial charge in [0.1, 0.15) is 0 Å². The first-order valence-corrected chi connectivity index (χ1v) is 2.55. The maximum atomic E-state index is 3.49. The zero-order valence-electron chi connectivity index (χ0n) is 3.07. The van der Waals surface area contributed by atoms with E-state index in [1.807, 2.05) is 11.6 Å². The van der Waals surface area contributed by atoms with E-state index in [1.165, 1.54) is 0 Å². The maximum absolute atomic E-state index is 3.49. The van der Waals surface area contributed by atoms with Crippen LogP contribution in [0.25, 0.3) is 0 Å². The third-order valence-electron chi connectivity index (χ3n) is 0.236. The molecule has 0 saturated heterocycles. The number of hydrogen-bond donors (Lipinski definition) is 0. The van der Waals surface area contributed by atoms with Crippen LogP contribution in [0.2, 0.25) is 0 Å². The van der Waals surface area contributed by atoms with Crippen LogP contribution >= 0.6 is 8.58 Å². The summed E-state index contributed by atoms with van der Waals surface area (Å²) < 4.78 is 0. The highest BCUT2D eigenvalue weighted by Gasteiger charge is 1.51. The molecule has 0 aliphatic carbocycles. The first-order valence-electron chi connectivity index (χ1n) is 1.39. The summed E-state index contributed by atoms with van der Waals surface area (Å²) in [4.78, 5) is 0. The van der Waals surface area contributed by atoms with Crippen molar-refractivity contribution in [2.24, 2.45) is 0 Å². The third-order valence-corrected chi connectivity index (χ3v) is 0.707. The van der Waals surface area contributed by atoms with Gasteiger partial charge < -0.3 is 0 Å². The SMILES string of the molecule is C=CPC=C.[HH]. The number of rotatable bonds is 2. The Morgan fingerprint density at radius 1 is 1.40 bits per heavy atom. The van der Waals surface area contributed by atoms with Gasteiger partial charge in [-0.15, -0.1) is 0 Å². The van der Waals surface area contributed by atoms with Gasteiger partial charge in [0.05, 0.1) is 0 Å². The minimum absolute atomic E-state index is 0. The van der Waals surface area contributed by atoms with Gasteiger partial charge in [-0.1, -0.05) is 33.4 Å². The minimum atomic E-state index is 0. The van der Waals surface area contributed by atoms with Crippen molar-refractivity contribution < 1.29 is 1.43 Å². The van der Waals surface area contributed by atoms with Crippen molar-refractivity contribution in [2.45, 2.75) is 0 Å². The predicted molar refractivity (Wildman–Crippen MR) is 30.8 cm³/mol. The van der Waals surface area contributed by atoms with E-state index in [-0.39, 0.29) is 1.43 Å². The third kappa shape index (κ3) is 3.91. The van der Waals surface area contributed by atoms with Crippen molar-refractivity contribution in [1.82, 2.24) is 0 Å². The van der Waals surface area contributed by atoms with Crippen LogP contribution in [0.5, 0.6) is 0 Å². The summed E-state index contributed by atoms with van der Waals surface area (Å²) in [6.07, 6.45) is 0. The van der Waals surface area contributed by atoms with Crippen molar-refractivity contribution >= 4 is 8.58 Å². The molecule has 0 saturated carbocycles. The van der Waals surface area contributed by atoms with E-state index in [0.717, 1.165) is 8.58 Å². The Morgan fingerprint density at radius 2 is 1.80 bits per heavy atom. The molecule has 5 heavy (non-hydrogen) atoms. The fourth-order valence-corrected chi connectivity index (χ4v) is 0.250. The van der Waals surface area contributed by atoms with Crippen molar-refractivity contribution in [3.8, 4) is 0 Å². The zero-order chi connectivity index (χ0) is 4.12. The summed E-state index contributed by atoms with van der Waals surface area (Å²) in [6.45, 7) is 6.98. The van der Waals surface area contributed by atoms with Gasteiger partial charge in [0.2, 0.25) is 0 Å². The normalized spacial score (nSPS) is 6.40. The first-order chi connectivity index (χ1) is 2.41. The van der Waals surface area contributed by atoms with Gasteiger partial charge in [-0.2, -0.15) is 0 Å². The standard InChI is InChI=1S/C4H7P.H2/c1-3-5-4-2;/h3-5H,1-2H2;1H. The smallest absolute Gasteiger partial charge is 0 e. The van der Waals surface area contributed by atoms with E-state index in [1.54, 1.807) is 0 Å². The van der Waals surface area contributed by atoms with E-state index in [0.29, 0.717) is 0 Å². The molecule has 1 heteroatoms. The van der Waals surface area contributed by atoms with Crippen molar-refractivity contribution in [3.63, 3.8) is 0 Å². The average molecular weight is 88.1 g/mol. The molecule has 0 N–H and O–H groups in total. The van der Waals surface area contributed by atoms with Gasteiger partial charge in [-0.05, 0) is 0 Å². The monoisotopic (exact) mass is 88.0 g/mol. The van der Waals surface area contributed by atoms with Crippen molar-refractivity contribution in [2.75, 3.05) is 0 Å². The van der Waals surface area contributed by atoms with Crippen LogP contribution in [-0.4, -0.2) is 0 Å². The fourth-order valence-electron chi connectivity index (χ4n) is 0.0833. The van der Waals surface area contributed by atoms with Gasteiger partial charge in [0.25, 0.3) is 0 Å². The van der Waals surface area contributed by atoms with Crippen LogP contribution in [-0.2, 0) is 0 Å². The molecule has 0 aromatic carbocycles. The van der Waals surface area contributed by atoms with Gasteiger partial charge in [0, 0.05) is 1.43 Å². The van der Waals surface area contributed by atoms with E-state index < -0.39 is 0 Å². The van der Waals surface area contributed by atoms with Crippen LogP contribution in [0.3, 0.4) is 0 Å². The molecular formula is C4H9P. The molecule has 0 aliphatic heterocycles. The predicted octanol–water partition coefficient (Wildman–Crippen LogP) is 2.20. The van der Waals surface area contributed by atoms with E-state index >= 15 is 0 Å². The van der Waals surface area contributed by atoms with Gasteiger partial charge in [-0.3, -0.25) is 0 Å². The topological polar surface area (TPSA) is 0 Å². The number of hydrogen-bond acceptors (Lipinski definition) is 0. The average Bonchev–Trinajstić information content (AvgIpc) is 1.41. The lowest BCUT2D eigenvalue weighted by Crippen LogP contribution is -1.19. The summed E-state index contributed by atoms with van der Waals surface area (Å²) >= 11 is 0. The molecule has 0 nitrogen and oxygen atoms in total. The molecule has 30 valence electrons. The Bertz CT molecular complexity index is 36.8. The van der Waals surface area contributed by atoms with Crippen LogP contribution in [0.15, 0.2) is 24.8 Å². The summed E-state index contributed by atoms with van der Waals surface area (Å²) in [5.41, 5.74) is 0. The summed E-state index contributed by atoms with van der Waals surface area (Å²) in [5, 5.41) is 0. The van der Waals surface area contributed by atoms with Gasteiger partial charge in [0.15, 0.2) is 0 Å². The molecule has 0 fully saturated rings. The lowest BCUT2D eigenvalue weighted by molar-refractivity contribution is 2.54. The summed E-state index contributed by atoms with van der Waals surface area (Å²) in [6, 6.07) is 0. The Labute approximate surface area is 35.9 Å². The molecular weight excluding hydrogens is 79.0 g/mol. The lowest BCUT2D eigenvalue weighted by Gasteiger charge is -1.65. The zero-order valence-corrected chi connectivity index (χ0v) is 4.07. The van der Waals surface area contributed by atoms with Crippen LogP contribution in [0.1, 0.15) is 1.43 Å². The van der Waals surface area contributed by atoms with Gasteiger partial charge in [-0.25, -0.2) is 0 Å². The molecule has 0 aliphatic rings. The Hall–Kier alpha value is -0.0900. The molecule has 0 aromatic rings. The van der Waals surface area contributed by atoms with Crippen LogP contribution in [0.4, 0.5) is 0 Å². The Balaban J connectivity index is 0. The first kappa shape index (κ1) is 4.91. The second-order valence-corrected chi connectivity index (χ2v) is 1.72. The highest BCUT2D eigenvalue weighted by Crippen LogP contribution is 2.07. The Morgan fingerprint density at radius 3 is 1.80 bits per heavy atom. The van der Waals surface area contributed by atoms with Gasteiger partial charge >= 0.3 is 0 Å². The second-order valence-electron chi connectivity index (χ2n) is 0.575. The maximum Gasteiger partial charge on any atom is 0 e. The molecule has 0 atom stereocenters. The Kier molecular flexibility index (Phi) is 3.84. The summed E-state index contributed by atoms with van der Waals surface area (Å²) in [5.74, 6) is 3.68. The second kappa shape index (κ2) is 3.91. The molecule has 0 rings (SSSR count). The van der Waals surface area contributed by atoms with Crippen LogP contribution in [0, 0.1) is 0 Å². The van der Waals surface area contributed by atoms with E-state index in [2.05, 4.69) is 13.2 Å².